The fraction of sp³-hybridized carbons (Fsp3) is 0.154. The zero-order chi connectivity index (χ0) is 13.7. The molecule has 0 aliphatic heterocycles. The summed E-state index contributed by atoms with van der Waals surface area (Å²) in [6.07, 6.45) is 2.21. The smallest absolute Gasteiger partial charge is 0.240 e. The second kappa shape index (κ2) is 6.32. The summed E-state index contributed by atoms with van der Waals surface area (Å²) in [5.41, 5.74) is 1.02. The molecule has 0 radical (unpaired) electrons. The molecule has 0 bridgehead atoms. The quantitative estimate of drug-likeness (QED) is 0.940. The molecule has 6 heteroatoms. The SMILES string of the molecule is N#CCC(=O)Nc1ncc(Cc2ccccc2Cl)s1. The highest BCUT2D eigenvalue weighted by molar-refractivity contribution is 7.15. The Kier molecular flexibility index (Phi) is 4.50. The molecule has 1 heterocycles. The number of aromatic nitrogens is 1. The first-order valence-corrected chi connectivity index (χ1v) is 6.73. The Bertz CT molecular complexity index is 633. The molecule has 0 unspecified atom stereocenters. The lowest BCUT2D eigenvalue weighted by atomic mass is 10.1. The van der Waals surface area contributed by atoms with Crippen LogP contribution in [0.5, 0.6) is 0 Å². The first-order valence-electron chi connectivity index (χ1n) is 5.54. The van der Waals surface area contributed by atoms with Crippen molar-refractivity contribution in [3.8, 4) is 6.07 Å². The molecular formula is C13H10ClN3OS. The van der Waals surface area contributed by atoms with Gasteiger partial charge in [-0.05, 0) is 11.6 Å². The van der Waals surface area contributed by atoms with Crippen LogP contribution in [0, 0.1) is 11.3 Å². The first kappa shape index (κ1) is 13.5. The van der Waals surface area contributed by atoms with Gasteiger partial charge in [0.05, 0.1) is 6.07 Å². The number of anilines is 1. The van der Waals surface area contributed by atoms with Crippen LogP contribution in [0.2, 0.25) is 5.02 Å². The van der Waals surface area contributed by atoms with Crippen molar-refractivity contribution in [2.75, 3.05) is 5.32 Å². The van der Waals surface area contributed by atoms with E-state index >= 15 is 0 Å². The highest BCUT2D eigenvalue weighted by Crippen LogP contribution is 2.24. The van der Waals surface area contributed by atoms with Crippen LogP contribution in [0.3, 0.4) is 0 Å². The van der Waals surface area contributed by atoms with Crippen molar-refractivity contribution in [1.82, 2.24) is 4.98 Å². The summed E-state index contributed by atoms with van der Waals surface area (Å²) in [7, 11) is 0. The van der Waals surface area contributed by atoms with E-state index < -0.39 is 0 Å². The maximum Gasteiger partial charge on any atom is 0.240 e. The van der Waals surface area contributed by atoms with Gasteiger partial charge < -0.3 is 5.32 Å². The van der Waals surface area contributed by atoms with Crippen molar-refractivity contribution in [3.63, 3.8) is 0 Å². The van der Waals surface area contributed by atoms with E-state index in [2.05, 4.69) is 10.3 Å². The average Bonchev–Trinajstić information content (AvgIpc) is 2.80. The molecule has 19 heavy (non-hydrogen) atoms. The number of carbonyl (C=O) groups is 1. The lowest BCUT2D eigenvalue weighted by molar-refractivity contribution is -0.115. The van der Waals surface area contributed by atoms with Crippen LogP contribution in [0.25, 0.3) is 0 Å². The predicted molar refractivity (Wildman–Crippen MR) is 75.2 cm³/mol. The van der Waals surface area contributed by atoms with Gasteiger partial charge in [-0.15, -0.1) is 11.3 Å². The molecule has 0 aliphatic carbocycles. The van der Waals surface area contributed by atoms with Crippen LogP contribution in [0.15, 0.2) is 30.5 Å². The number of amides is 1. The summed E-state index contributed by atoms with van der Waals surface area (Å²) in [5.74, 6) is -0.346. The second-order valence-electron chi connectivity index (χ2n) is 3.78. The van der Waals surface area contributed by atoms with E-state index in [1.807, 2.05) is 24.3 Å². The number of nitrogens with one attached hydrogen (secondary N) is 1. The number of thiazole rings is 1. The van der Waals surface area contributed by atoms with Crippen molar-refractivity contribution < 1.29 is 4.79 Å². The van der Waals surface area contributed by atoms with Gasteiger partial charge in [0.15, 0.2) is 5.13 Å². The van der Waals surface area contributed by atoms with Crippen molar-refractivity contribution in [2.45, 2.75) is 12.8 Å². The Morgan fingerprint density at radius 1 is 1.47 bits per heavy atom. The van der Waals surface area contributed by atoms with E-state index in [4.69, 9.17) is 16.9 Å². The Labute approximate surface area is 119 Å². The molecule has 0 fully saturated rings. The first-order chi connectivity index (χ1) is 9.19. The van der Waals surface area contributed by atoms with Gasteiger partial charge in [0.1, 0.15) is 6.42 Å². The summed E-state index contributed by atoms with van der Waals surface area (Å²) in [5, 5.41) is 12.2. The predicted octanol–water partition coefficient (Wildman–Crippen LogP) is 3.24. The van der Waals surface area contributed by atoms with Crippen LogP contribution in [0.4, 0.5) is 5.13 Å². The van der Waals surface area contributed by atoms with Crippen molar-refractivity contribution in [1.29, 1.82) is 5.26 Å². The molecule has 2 aromatic rings. The summed E-state index contributed by atoms with van der Waals surface area (Å²) < 4.78 is 0. The van der Waals surface area contributed by atoms with Gasteiger partial charge in [0.2, 0.25) is 5.91 Å². The molecule has 1 N–H and O–H groups in total. The third-order valence-electron chi connectivity index (χ3n) is 2.36. The van der Waals surface area contributed by atoms with Gasteiger partial charge in [-0.2, -0.15) is 5.26 Å². The minimum Gasteiger partial charge on any atom is -0.301 e. The van der Waals surface area contributed by atoms with E-state index in [0.29, 0.717) is 16.6 Å². The fourth-order valence-electron chi connectivity index (χ4n) is 1.51. The topological polar surface area (TPSA) is 65.8 Å². The van der Waals surface area contributed by atoms with Crippen molar-refractivity contribution in [3.05, 3.63) is 45.9 Å². The van der Waals surface area contributed by atoms with Gasteiger partial charge in [-0.3, -0.25) is 4.79 Å². The van der Waals surface area contributed by atoms with Crippen LogP contribution in [0.1, 0.15) is 16.9 Å². The van der Waals surface area contributed by atoms with Crippen LogP contribution in [-0.4, -0.2) is 10.9 Å². The molecule has 0 atom stereocenters. The Morgan fingerprint density at radius 2 is 2.26 bits per heavy atom. The Balaban J connectivity index is 2.04. The zero-order valence-electron chi connectivity index (χ0n) is 9.89. The number of benzene rings is 1. The van der Waals surface area contributed by atoms with Gasteiger partial charge >= 0.3 is 0 Å². The average molecular weight is 292 g/mol. The lowest BCUT2D eigenvalue weighted by Crippen LogP contribution is -2.09. The largest absolute Gasteiger partial charge is 0.301 e. The third-order valence-corrected chi connectivity index (χ3v) is 3.64. The van der Waals surface area contributed by atoms with E-state index in [1.54, 1.807) is 12.3 Å². The standard InChI is InChI=1S/C13H10ClN3OS/c14-11-4-2-1-3-9(11)7-10-8-16-13(19-10)17-12(18)5-6-15/h1-4,8H,5,7H2,(H,16,17,18). The van der Waals surface area contributed by atoms with Crippen LogP contribution in [-0.2, 0) is 11.2 Å². The third kappa shape index (κ3) is 3.78. The summed E-state index contributed by atoms with van der Waals surface area (Å²) in [6.45, 7) is 0. The van der Waals surface area contributed by atoms with Gasteiger partial charge in [0, 0.05) is 22.5 Å². The molecule has 0 saturated carbocycles. The van der Waals surface area contributed by atoms with E-state index in [-0.39, 0.29) is 12.3 Å². The summed E-state index contributed by atoms with van der Waals surface area (Å²) in [4.78, 5) is 16.3. The second-order valence-corrected chi connectivity index (χ2v) is 5.31. The minimum atomic E-state index is -0.346. The molecule has 4 nitrogen and oxygen atoms in total. The van der Waals surface area contributed by atoms with E-state index in [1.165, 1.54) is 11.3 Å². The van der Waals surface area contributed by atoms with Gasteiger partial charge in [-0.25, -0.2) is 4.98 Å². The molecule has 0 aliphatic rings. The van der Waals surface area contributed by atoms with E-state index in [0.717, 1.165) is 10.4 Å². The van der Waals surface area contributed by atoms with Crippen LogP contribution < -0.4 is 5.32 Å². The molecule has 1 amide bonds. The number of hydrogen-bond acceptors (Lipinski definition) is 4. The molecule has 0 saturated heterocycles. The highest BCUT2D eigenvalue weighted by atomic mass is 35.5. The Hall–Kier alpha value is -1.90. The number of hydrogen-bond donors (Lipinski definition) is 1. The molecule has 1 aromatic heterocycles. The molecule has 1 aromatic carbocycles. The van der Waals surface area contributed by atoms with Crippen molar-refractivity contribution in [2.24, 2.45) is 0 Å². The number of carbonyl (C=O) groups excluding carboxylic acids is 1. The highest BCUT2D eigenvalue weighted by Gasteiger charge is 2.08. The number of nitrogens with zero attached hydrogens (tertiary/aromatic N) is 2. The fourth-order valence-corrected chi connectivity index (χ4v) is 2.57. The Morgan fingerprint density at radius 3 is 3.00 bits per heavy atom. The molecule has 0 spiro atoms. The minimum absolute atomic E-state index is 0.167. The molecule has 2 rings (SSSR count). The lowest BCUT2D eigenvalue weighted by Gasteiger charge is -2.00. The zero-order valence-corrected chi connectivity index (χ0v) is 11.5. The maximum absolute atomic E-state index is 11.2. The monoisotopic (exact) mass is 291 g/mol. The van der Waals surface area contributed by atoms with Crippen molar-refractivity contribution >= 4 is 34.0 Å². The number of rotatable bonds is 4. The summed E-state index contributed by atoms with van der Waals surface area (Å²) >= 11 is 7.46. The van der Waals surface area contributed by atoms with Crippen LogP contribution >= 0.6 is 22.9 Å². The van der Waals surface area contributed by atoms with Gasteiger partial charge in [-0.1, -0.05) is 29.8 Å². The number of halogens is 1. The number of nitriles is 1. The van der Waals surface area contributed by atoms with E-state index in [9.17, 15) is 4.79 Å². The molecule has 96 valence electrons. The van der Waals surface area contributed by atoms with Gasteiger partial charge in [0.25, 0.3) is 0 Å². The molecular weight excluding hydrogens is 282 g/mol. The maximum atomic E-state index is 11.2. The normalized spacial score (nSPS) is 9.89. The summed E-state index contributed by atoms with van der Waals surface area (Å²) in [6, 6.07) is 9.39.